The van der Waals surface area contributed by atoms with Crippen LogP contribution in [-0.2, 0) is 9.53 Å². The highest BCUT2D eigenvalue weighted by Crippen LogP contribution is 2.10. The second-order valence-electron chi connectivity index (χ2n) is 4.49. The Morgan fingerprint density at radius 2 is 2.32 bits per heavy atom. The normalized spacial score (nSPS) is 19.5. The van der Waals surface area contributed by atoms with E-state index in [-0.39, 0.29) is 24.4 Å². The SMILES string of the molecule is CC(C)NC(=O)C1COCCN1C(=O)c1nn[nH]n1. The number of tetrazole rings is 1. The summed E-state index contributed by atoms with van der Waals surface area (Å²) in [5.74, 6) is -0.725. The van der Waals surface area contributed by atoms with Crippen molar-refractivity contribution in [2.24, 2.45) is 0 Å². The molecule has 2 rings (SSSR count). The van der Waals surface area contributed by atoms with Crippen LogP contribution >= 0.6 is 0 Å². The fraction of sp³-hybridized carbons (Fsp3) is 0.700. The van der Waals surface area contributed by atoms with Gasteiger partial charge in [0.2, 0.25) is 5.91 Å². The van der Waals surface area contributed by atoms with Gasteiger partial charge in [0, 0.05) is 12.6 Å². The van der Waals surface area contributed by atoms with Crippen molar-refractivity contribution >= 4 is 11.8 Å². The average molecular weight is 268 g/mol. The summed E-state index contributed by atoms with van der Waals surface area (Å²) in [4.78, 5) is 25.6. The summed E-state index contributed by atoms with van der Waals surface area (Å²) in [5.41, 5.74) is 0. The van der Waals surface area contributed by atoms with Crippen molar-refractivity contribution in [3.63, 3.8) is 0 Å². The zero-order valence-electron chi connectivity index (χ0n) is 10.8. The molecule has 0 radical (unpaired) electrons. The molecule has 2 amide bonds. The summed E-state index contributed by atoms with van der Waals surface area (Å²) in [6.07, 6.45) is 0. The molecule has 9 nitrogen and oxygen atoms in total. The molecule has 9 heteroatoms. The number of hydrogen-bond acceptors (Lipinski definition) is 6. The van der Waals surface area contributed by atoms with Crippen LogP contribution < -0.4 is 5.32 Å². The second-order valence-corrected chi connectivity index (χ2v) is 4.49. The lowest BCUT2D eigenvalue weighted by atomic mass is 10.2. The minimum atomic E-state index is -0.665. The van der Waals surface area contributed by atoms with E-state index in [9.17, 15) is 9.59 Å². The molecular weight excluding hydrogens is 252 g/mol. The molecule has 2 N–H and O–H groups in total. The van der Waals surface area contributed by atoms with Gasteiger partial charge in [0.05, 0.1) is 13.2 Å². The maximum atomic E-state index is 12.2. The highest BCUT2D eigenvalue weighted by atomic mass is 16.5. The number of amides is 2. The van der Waals surface area contributed by atoms with Crippen molar-refractivity contribution in [2.75, 3.05) is 19.8 Å². The largest absolute Gasteiger partial charge is 0.377 e. The maximum Gasteiger partial charge on any atom is 0.296 e. The lowest BCUT2D eigenvalue weighted by Gasteiger charge is -2.34. The molecule has 1 aromatic heterocycles. The Labute approximate surface area is 109 Å². The molecule has 0 aromatic carbocycles. The number of nitrogens with zero attached hydrogens (tertiary/aromatic N) is 4. The summed E-state index contributed by atoms with van der Waals surface area (Å²) in [6, 6.07) is -0.668. The fourth-order valence-corrected chi connectivity index (χ4v) is 1.83. The average Bonchev–Trinajstić information content (AvgIpc) is 2.91. The fourth-order valence-electron chi connectivity index (χ4n) is 1.83. The van der Waals surface area contributed by atoms with Crippen LogP contribution in [0.3, 0.4) is 0 Å². The van der Waals surface area contributed by atoms with Gasteiger partial charge in [0.25, 0.3) is 11.7 Å². The Morgan fingerprint density at radius 1 is 1.53 bits per heavy atom. The van der Waals surface area contributed by atoms with Gasteiger partial charge < -0.3 is 15.0 Å². The molecule has 1 aliphatic heterocycles. The van der Waals surface area contributed by atoms with Crippen molar-refractivity contribution in [2.45, 2.75) is 25.9 Å². The third kappa shape index (κ3) is 3.05. The van der Waals surface area contributed by atoms with Gasteiger partial charge in [0.1, 0.15) is 6.04 Å². The van der Waals surface area contributed by atoms with Crippen LogP contribution in [0.15, 0.2) is 0 Å². The van der Waals surface area contributed by atoms with Gasteiger partial charge in [-0.15, -0.1) is 10.2 Å². The Morgan fingerprint density at radius 3 is 2.95 bits per heavy atom. The molecule has 1 fully saturated rings. The van der Waals surface area contributed by atoms with Crippen molar-refractivity contribution < 1.29 is 14.3 Å². The second kappa shape index (κ2) is 5.74. The molecule has 0 aliphatic carbocycles. The van der Waals surface area contributed by atoms with E-state index in [0.29, 0.717) is 13.2 Å². The van der Waals surface area contributed by atoms with E-state index in [2.05, 4.69) is 25.9 Å². The van der Waals surface area contributed by atoms with Gasteiger partial charge >= 0.3 is 0 Å². The van der Waals surface area contributed by atoms with Crippen molar-refractivity contribution in [3.8, 4) is 0 Å². The molecule has 0 saturated carbocycles. The highest BCUT2D eigenvalue weighted by molar-refractivity contribution is 5.94. The third-order valence-electron chi connectivity index (χ3n) is 2.66. The lowest BCUT2D eigenvalue weighted by Crippen LogP contribution is -2.56. The number of H-pyrrole nitrogens is 1. The summed E-state index contributed by atoms with van der Waals surface area (Å²) >= 11 is 0. The number of morpholine rings is 1. The van der Waals surface area contributed by atoms with Gasteiger partial charge in [-0.2, -0.15) is 5.21 Å². The van der Waals surface area contributed by atoms with E-state index in [4.69, 9.17) is 4.74 Å². The predicted octanol–water partition coefficient (Wildman–Crippen LogP) is -1.43. The summed E-state index contributed by atoms with van der Waals surface area (Å²) in [7, 11) is 0. The number of aromatic nitrogens is 4. The Bertz CT molecular complexity index is 446. The monoisotopic (exact) mass is 268 g/mol. The summed E-state index contributed by atoms with van der Waals surface area (Å²) in [6.45, 7) is 4.58. The van der Waals surface area contributed by atoms with Crippen LogP contribution in [0.5, 0.6) is 0 Å². The first-order chi connectivity index (χ1) is 9.09. The van der Waals surface area contributed by atoms with Gasteiger partial charge in [-0.3, -0.25) is 9.59 Å². The number of hydrogen-bond donors (Lipinski definition) is 2. The zero-order valence-corrected chi connectivity index (χ0v) is 10.8. The molecule has 1 aliphatic rings. The number of aromatic amines is 1. The van der Waals surface area contributed by atoms with Crippen molar-refractivity contribution in [1.29, 1.82) is 0 Å². The highest BCUT2D eigenvalue weighted by Gasteiger charge is 2.35. The quantitative estimate of drug-likeness (QED) is 0.694. The molecule has 2 heterocycles. The maximum absolute atomic E-state index is 12.2. The predicted molar refractivity (Wildman–Crippen MR) is 63.1 cm³/mol. The number of nitrogens with one attached hydrogen (secondary N) is 2. The van der Waals surface area contributed by atoms with Crippen LogP contribution in [0.2, 0.25) is 0 Å². The van der Waals surface area contributed by atoms with Crippen LogP contribution in [0.1, 0.15) is 24.5 Å². The first-order valence-corrected chi connectivity index (χ1v) is 6.02. The summed E-state index contributed by atoms with van der Waals surface area (Å²) in [5, 5.41) is 15.6. The number of carbonyl (C=O) groups is 2. The van der Waals surface area contributed by atoms with Crippen LogP contribution in [-0.4, -0.2) is 69.2 Å². The first kappa shape index (κ1) is 13.4. The molecule has 1 unspecified atom stereocenters. The number of rotatable bonds is 3. The smallest absolute Gasteiger partial charge is 0.296 e. The minimum absolute atomic E-state index is 0.00319. The van der Waals surface area contributed by atoms with Crippen LogP contribution in [0.25, 0.3) is 0 Å². The van der Waals surface area contributed by atoms with Crippen molar-refractivity contribution in [1.82, 2.24) is 30.8 Å². The van der Waals surface area contributed by atoms with E-state index in [1.54, 1.807) is 0 Å². The van der Waals surface area contributed by atoms with Gasteiger partial charge in [-0.1, -0.05) is 0 Å². The first-order valence-electron chi connectivity index (χ1n) is 6.02. The van der Waals surface area contributed by atoms with Crippen LogP contribution in [0, 0.1) is 0 Å². The van der Waals surface area contributed by atoms with Gasteiger partial charge in [-0.05, 0) is 19.1 Å². The van der Waals surface area contributed by atoms with E-state index < -0.39 is 11.9 Å². The van der Waals surface area contributed by atoms with Gasteiger partial charge in [0.15, 0.2) is 0 Å². The molecular formula is C10H16N6O3. The number of ether oxygens (including phenoxy) is 1. The van der Waals surface area contributed by atoms with Gasteiger partial charge in [-0.25, -0.2) is 0 Å². The zero-order chi connectivity index (χ0) is 13.8. The lowest BCUT2D eigenvalue weighted by molar-refractivity contribution is -0.131. The standard InChI is InChI=1S/C10H16N6O3/c1-6(2)11-9(17)7-5-19-4-3-16(7)10(18)8-12-14-15-13-8/h6-7H,3-5H2,1-2H3,(H,11,17)(H,12,13,14,15). The molecule has 0 spiro atoms. The van der Waals surface area contributed by atoms with E-state index in [1.165, 1.54) is 4.90 Å². The Balaban J connectivity index is 2.12. The molecule has 1 aromatic rings. The third-order valence-corrected chi connectivity index (χ3v) is 2.66. The minimum Gasteiger partial charge on any atom is -0.377 e. The van der Waals surface area contributed by atoms with Crippen LogP contribution in [0.4, 0.5) is 0 Å². The summed E-state index contributed by atoms with van der Waals surface area (Å²) < 4.78 is 5.26. The van der Waals surface area contributed by atoms with Crippen molar-refractivity contribution in [3.05, 3.63) is 5.82 Å². The molecule has 0 bridgehead atoms. The Kier molecular flexibility index (Phi) is 4.05. The topological polar surface area (TPSA) is 113 Å². The van der Waals surface area contributed by atoms with E-state index in [1.807, 2.05) is 13.8 Å². The van der Waals surface area contributed by atoms with E-state index >= 15 is 0 Å². The Hall–Kier alpha value is -2.03. The molecule has 1 atom stereocenters. The van der Waals surface area contributed by atoms with E-state index in [0.717, 1.165) is 0 Å². The molecule has 1 saturated heterocycles. The molecule has 19 heavy (non-hydrogen) atoms. The number of carbonyl (C=O) groups excluding carboxylic acids is 2. The molecule has 104 valence electrons.